The molecule has 2 fully saturated rings. The van der Waals surface area contributed by atoms with Crippen molar-refractivity contribution in [2.24, 2.45) is 0 Å². The van der Waals surface area contributed by atoms with Crippen molar-refractivity contribution < 1.29 is 44.6 Å². The summed E-state index contributed by atoms with van der Waals surface area (Å²) in [5.74, 6) is -12.5. The zero-order valence-electron chi connectivity index (χ0n) is 10.1. The Kier molecular flexibility index (Phi) is 3.12. The van der Waals surface area contributed by atoms with E-state index in [0.29, 0.717) is 0 Å². The van der Waals surface area contributed by atoms with Crippen LogP contribution in [0.2, 0.25) is 0 Å². The van der Waals surface area contributed by atoms with Gasteiger partial charge in [0.1, 0.15) is 12.2 Å². The van der Waals surface area contributed by atoms with Crippen molar-refractivity contribution in [2.45, 2.75) is 62.0 Å². The molecule has 10 heteroatoms. The molecule has 2 aliphatic heterocycles. The fourth-order valence-corrected chi connectivity index (χ4v) is 2.19. The van der Waals surface area contributed by atoms with Crippen molar-refractivity contribution in [2.75, 3.05) is 0 Å². The summed E-state index contributed by atoms with van der Waals surface area (Å²) in [6, 6.07) is 0. The third-order valence-corrected chi connectivity index (χ3v) is 3.48. The van der Waals surface area contributed by atoms with Gasteiger partial charge in [-0.15, -0.1) is 0 Å². The molecule has 2 rings (SSSR count). The molecule has 0 bridgehead atoms. The van der Waals surface area contributed by atoms with E-state index in [1.165, 1.54) is 0 Å². The van der Waals surface area contributed by atoms with E-state index < -0.39 is 48.1 Å². The van der Waals surface area contributed by atoms with Crippen LogP contribution in [-0.2, 0) is 9.47 Å². The van der Waals surface area contributed by atoms with Gasteiger partial charge in [0.05, 0.1) is 12.2 Å². The summed E-state index contributed by atoms with van der Waals surface area (Å²) >= 11 is 0. The molecule has 0 aliphatic carbocycles. The van der Waals surface area contributed by atoms with Crippen LogP contribution in [-0.4, -0.2) is 48.1 Å². The lowest BCUT2D eigenvalue weighted by Gasteiger charge is -2.37. The highest BCUT2D eigenvalue weighted by atomic mass is 19.4. The summed E-state index contributed by atoms with van der Waals surface area (Å²) < 4.78 is 113. The minimum atomic E-state index is -6.59. The molecule has 20 heavy (non-hydrogen) atoms. The Morgan fingerprint density at radius 2 is 0.950 bits per heavy atom. The van der Waals surface area contributed by atoms with Crippen LogP contribution in [0.3, 0.4) is 0 Å². The Morgan fingerprint density at radius 1 is 0.650 bits per heavy atom. The predicted molar refractivity (Wildman–Crippen MR) is 48.5 cm³/mol. The molecule has 0 aromatic heterocycles. The molecule has 4 atom stereocenters. The van der Waals surface area contributed by atoms with Gasteiger partial charge in [-0.25, -0.2) is 4.39 Å². The van der Waals surface area contributed by atoms with Crippen molar-refractivity contribution in [3.05, 3.63) is 0 Å². The van der Waals surface area contributed by atoms with Crippen LogP contribution >= 0.6 is 0 Å². The van der Waals surface area contributed by atoms with Crippen LogP contribution in [0, 0.1) is 0 Å². The van der Waals surface area contributed by atoms with E-state index in [-0.39, 0.29) is 0 Å². The molecule has 0 N–H and O–H groups in total. The van der Waals surface area contributed by atoms with Crippen molar-refractivity contribution in [1.29, 1.82) is 0 Å². The van der Waals surface area contributed by atoms with E-state index >= 15 is 0 Å². The number of hydrogen-bond donors (Lipinski definition) is 0. The second-order valence-corrected chi connectivity index (χ2v) is 4.94. The van der Waals surface area contributed by atoms with E-state index in [1.807, 2.05) is 0 Å². The zero-order valence-corrected chi connectivity index (χ0v) is 10.1. The first-order valence-electron chi connectivity index (χ1n) is 5.60. The van der Waals surface area contributed by atoms with Gasteiger partial charge in [-0.3, -0.25) is 0 Å². The second kappa shape index (κ2) is 3.96. The topological polar surface area (TPSA) is 25.1 Å². The predicted octanol–water partition coefficient (Wildman–Crippen LogP) is 3.10. The fraction of sp³-hybridized carbons (Fsp3) is 1.00. The first kappa shape index (κ1) is 15.7. The van der Waals surface area contributed by atoms with Crippen LogP contribution in [0.15, 0.2) is 0 Å². The van der Waals surface area contributed by atoms with Gasteiger partial charge in [0.25, 0.3) is 0 Å². The van der Waals surface area contributed by atoms with Gasteiger partial charge in [-0.2, -0.15) is 30.7 Å². The summed E-state index contributed by atoms with van der Waals surface area (Å²) in [5.41, 5.74) is -4.25. The lowest BCUT2D eigenvalue weighted by atomic mass is 9.83. The highest BCUT2D eigenvalue weighted by Gasteiger charge is 2.87. The molecule has 2 aliphatic rings. The average Bonchev–Trinajstić information content (AvgIpc) is 3.14. The molecule has 2 saturated heterocycles. The molecule has 0 aromatic rings. The third-order valence-electron chi connectivity index (χ3n) is 3.48. The molecule has 0 radical (unpaired) electrons. The van der Waals surface area contributed by atoms with Gasteiger partial charge in [0.15, 0.2) is 0 Å². The molecule has 2 heterocycles. The van der Waals surface area contributed by atoms with Gasteiger partial charge in [-0.05, 0) is 13.8 Å². The molecular formula is C10H10F8O2. The lowest BCUT2D eigenvalue weighted by Crippen LogP contribution is -2.67. The number of halogens is 8. The van der Waals surface area contributed by atoms with Gasteiger partial charge in [-0.1, -0.05) is 0 Å². The molecule has 0 aromatic carbocycles. The standard InChI is InChI=1S/C10H10F8O2/c1-3-5(19-3)7(11,6-4(2)20-6)8(12,13)9(14,15)10(16,17)18/h3-6H,1-2H3. The smallest absolute Gasteiger partial charge is 0.366 e. The van der Waals surface area contributed by atoms with Gasteiger partial charge < -0.3 is 9.47 Å². The number of epoxide rings is 2. The Labute approximate surface area is 108 Å². The number of ether oxygens (including phenoxy) is 2. The molecule has 0 spiro atoms. The minimum Gasteiger partial charge on any atom is -0.366 e. The van der Waals surface area contributed by atoms with Crippen LogP contribution in [0.25, 0.3) is 0 Å². The Morgan fingerprint density at radius 3 is 1.15 bits per heavy atom. The number of hydrogen-bond acceptors (Lipinski definition) is 2. The van der Waals surface area contributed by atoms with Gasteiger partial charge in [0, 0.05) is 0 Å². The van der Waals surface area contributed by atoms with Crippen molar-refractivity contribution in [1.82, 2.24) is 0 Å². The van der Waals surface area contributed by atoms with E-state index in [2.05, 4.69) is 9.47 Å². The van der Waals surface area contributed by atoms with Crippen LogP contribution in [0.4, 0.5) is 35.1 Å². The van der Waals surface area contributed by atoms with Crippen LogP contribution in [0.1, 0.15) is 13.8 Å². The summed E-state index contributed by atoms with van der Waals surface area (Å²) in [6.45, 7) is 2.18. The van der Waals surface area contributed by atoms with Crippen molar-refractivity contribution in [3.8, 4) is 0 Å². The highest BCUT2D eigenvalue weighted by molar-refractivity contribution is 5.21. The molecule has 0 saturated carbocycles. The lowest BCUT2D eigenvalue weighted by molar-refractivity contribution is -0.382. The van der Waals surface area contributed by atoms with Crippen molar-refractivity contribution in [3.63, 3.8) is 0 Å². The van der Waals surface area contributed by atoms with Gasteiger partial charge >= 0.3 is 18.0 Å². The normalized spacial score (nSPS) is 37.5. The zero-order chi connectivity index (χ0) is 15.7. The van der Waals surface area contributed by atoms with E-state index in [9.17, 15) is 35.1 Å². The highest BCUT2D eigenvalue weighted by Crippen LogP contribution is 2.60. The Bertz CT molecular complexity index is 391. The summed E-state index contributed by atoms with van der Waals surface area (Å²) in [5, 5.41) is 0. The quantitative estimate of drug-likeness (QED) is 0.588. The van der Waals surface area contributed by atoms with Gasteiger partial charge in [0.2, 0.25) is 5.67 Å². The second-order valence-electron chi connectivity index (χ2n) is 4.94. The monoisotopic (exact) mass is 314 g/mol. The number of rotatable bonds is 4. The fourth-order valence-electron chi connectivity index (χ4n) is 2.19. The SMILES string of the molecule is CC1OC1C(F)(C1OC1C)C(F)(F)C(F)(F)C(F)(F)F. The first-order valence-corrected chi connectivity index (χ1v) is 5.60. The summed E-state index contributed by atoms with van der Waals surface area (Å²) in [7, 11) is 0. The summed E-state index contributed by atoms with van der Waals surface area (Å²) in [4.78, 5) is 0. The maximum Gasteiger partial charge on any atom is 0.460 e. The first-order chi connectivity index (χ1) is 8.78. The van der Waals surface area contributed by atoms with E-state index in [0.717, 1.165) is 13.8 Å². The Balaban J connectivity index is 2.43. The van der Waals surface area contributed by atoms with E-state index in [1.54, 1.807) is 0 Å². The maximum absolute atomic E-state index is 14.5. The Hall–Kier alpha value is -0.640. The molecule has 0 amide bonds. The molecule has 118 valence electrons. The van der Waals surface area contributed by atoms with Crippen LogP contribution in [0.5, 0.6) is 0 Å². The third kappa shape index (κ3) is 1.83. The van der Waals surface area contributed by atoms with Crippen molar-refractivity contribution >= 4 is 0 Å². The maximum atomic E-state index is 14.5. The largest absolute Gasteiger partial charge is 0.460 e. The summed E-state index contributed by atoms with van der Waals surface area (Å²) in [6.07, 6.45) is -13.1. The average molecular weight is 314 g/mol. The number of alkyl halides is 8. The minimum absolute atomic E-state index is 1.09. The molecule has 2 nitrogen and oxygen atoms in total. The van der Waals surface area contributed by atoms with E-state index in [4.69, 9.17) is 0 Å². The van der Waals surface area contributed by atoms with Crippen LogP contribution < -0.4 is 0 Å². The molecular weight excluding hydrogens is 304 g/mol. The molecule has 4 unspecified atom stereocenters.